The number of nitrogens with one attached hydrogen (secondary N) is 1. The summed E-state index contributed by atoms with van der Waals surface area (Å²) < 4.78 is 29.6. The molecule has 1 aromatic heterocycles. The molecule has 0 atom stereocenters. The molecule has 29 heavy (non-hydrogen) atoms. The quantitative estimate of drug-likeness (QED) is 0.361. The fourth-order valence-electron chi connectivity index (χ4n) is 3.51. The molecule has 0 spiro atoms. The molecule has 4 nitrogen and oxygen atoms in total. The molecule has 8 heteroatoms. The van der Waals surface area contributed by atoms with Gasteiger partial charge in [-0.2, -0.15) is 0 Å². The maximum atomic E-state index is 13.1. The highest BCUT2D eigenvalue weighted by Gasteiger charge is 2.34. The SMILES string of the molecule is O=C(c1ccccc1)c1cc(Cl)cc2c1NS(=O)(=O)c1sc3ccc(Cl)cc3c1-2. The summed E-state index contributed by atoms with van der Waals surface area (Å²) >= 11 is 13.7. The molecule has 0 fully saturated rings. The smallest absolute Gasteiger partial charge is 0.272 e. The average Bonchev–Trinajstić information content (AvgIpc) is 3.08. The van der Waals surface area contributed by atoms with Crippen LogP contribution in [0.2, 0.25) is 10.0 Å². The van der Waals surface area contributed by atoms with E-state index in [1.54, 1.807) is 54.6 Å². The van der Waals surface area contributed by atoms with Crippen molar-refractivity contribution in [3.05, 3.63) is 81.8 Å². The van der Waals surface area contributed by atoms with Crippen molar-refractivity contribution in [1.82, 2.24) is 0 Å². The molecule has 5 rings (SSSR count). The average molecular weight is 460 g/mol. The van der Waals surface area contributed by atoms with Crippen LogP contribution in [-0.4, -0.2) is 14.2 Å². The lowest BCUT2D eigenvalue weighted by atomic mass is 9.95. The molecule has 144 valence electrons. The number of benzene rings is 3. The summed E-state index contributed by atoms with van der Waals surface area (Å²) in [4.78, 5) is 13.1. The molecule has 0 bridgehead atoms. The van der Waals surface area contributed by atoms with Crippen LogP contribution in [0.3, 0.4) is 0 Å². The highest BCUT2D eigenvalue weighted by Crippen LogP contribution is 2.50. The number of hydrogen-bond acceptors (Lipinski definition) is 4. The van der Waals surface area contributed by atoms with Crippen LogP contribution in [0, 0.1) is 0 Å². The van der Waals surface area contributed by atoms with Crippen molar-refractivity contribution in [2.75, 3.05) is 4.72 Å². The van der Waals surface area contributed by atoms with Gasteiger partial charge in [-0.25, -0.2) is 8.42 Å². The van der Waals surface area contributed by atoms with Gasteiger partial charge < -0.3 is 0 Å². The maximum absolute atomic E-state index is 13.1. The Morgan fingerprint density at radius 3 is 2.45 bits per heavy atom. The topological polar surface area (TPSA) is 63.2 Å². The Morgan fingerprint density at radius 1 is 0.931 bits per heavy atom. The Hall–Kier alpha value is -2.38. The van der Waals surface area contributed by atoms with Gasteiger partial charge in [-0.3, -0.25) is 9.52 Å². The molecule has 2 heterocycles. The van der Waals surface area contributed by atoms with Gasteiger partial charge in [-0.1, -0.05) is 53.5 Å². The first-order chi connectivity index (χ1) is 13.8. The standard InChI is InChI=1S/C21H11Cl2NO3S2/c22-12-6-7-17-14(8-12)18-15-9-13(23)10-16(20(25)11-4-2-1-3-5-11)19(15)24-29(26,27)21(18)28-17/h1-10,24H. The number of sulfonamides is 1. The van der Waals surface area contributed by atoms with Crippen LogP contribution in [0.5, 0.6) is 0 Å². The Morgan fingerprint density at radius 2 is 1.69 bits per heavy atom. The van der Waals surface area contributed by atoms with Crippen LogP contribution in [-0.2, 0) is 10.0 Å². The van der Waals surface area contributed by atoms with Crippen molar-refractivity contribution in [1.29, 1.82) is 0 Å². The van der Waals surface area contributed by atoms with Gasteiger partial charge >= 0.3 is 0 Å². The Bertz CT molecular complexity index is 1430. The molecule has 3 aromatic carbocycles. The van der Waals surface area contributed by atoms with E-state index in [1.807, 2.05) is 0 Å². The zero-order chi connectivity index (χ0) is 20.3. The Balaban J connectivity index is 1.86. The Labute approximate surface area is 180 Å². The maximum Gasteiger partial charge on any atom is 0.272 e. The van der Waals surface area contributed by atoms with Crippen LogP contribution in [0.15, 0.2) is 64.9 Å². The summed E-state index contributed by atoms with van der Waals surface area (Å²) in [6.07, 6.45) is 0. The summed E-state index contributed by atoms with van der Waals surface area (Å²) in [6, 6.07) is 17.1. The highest BCUT2D eigenvalue weighted by atomic mass is 35.5. The normalized spacial score (nSPS) is 14.1. The van der Waals surface area contributed by atoms with Crippen LogP contribution in [0.25, 0.3) is 21.2 Å². The van der Waals surface area contributed by atoms with E-state index in [9.17, 15) is 13.2 Å². The number of carbonyl (C=O) groups is 1. The predicted octanol–water partition coefficient (Wildman–Crippen LogP) is 6.22. The molecule has 1 N–H and O–H groups in total. The summed E-state index contributed by atoms with van der Waals surface area (Å²) in [5.41, 5.74) is 1.96. The summed E-state index contributed by atoms with van der Waals surface area (Å²) in [6.45, 7) is 0. The van der Waals surface area contributed by atoms with Gasteiger partial charge in [0.25, 0.3) is 10.0 Å². The number of carbonyl (C=O) groups excluding carboxylic acids is 1. The first kappa shape index (κ1) is 18.6. The van der Waals surface area contributed by atoms with Crippen LogP contribution in [0.1, 0.15) is 15.9 Å². The van der Waals surface area contributed by atoms with Crippen molar-refractivity contribution in [2.24, 2.45) is 0 Å². The molecule has 0 saturated carbocycles. The minimum atomic E-state index is -3.85. The fraction of sp³-hybridized carbons (Fsp3) is 0. The van der Waals surface area contributed by atoms with Gasteiger partial charge in [0.1, 0.15) is 4.21 Å². The van der Waals surface area contributed by atoms with Crippen LogP contribution >= 0.6 is 34.5 Å². The first-order valence-corrected chi connectivity index (χ1v) is 11.6. The molecule has 1 aliphatic rings. The number of hydrogen-bond donors (Lipinski definition) is 1. The van der Waals surface area contributed by atoms with Gasteiger partial charge in [-0.05, 0) is 30.3 Å². The minimum Gasteiger partial charge on any atom is -0.289 e. The third kappa shape index (κ3) is 2.95. The van der Waals surface area contributed by atoms with Crippen LogP contribution in [0.4, 0.5) is 5.69 Å². The molecule has 0 amide bonds. The number of fused-ring (bicyclic) bond motifs is 5. The van der Waals surface area contributed by atoms with E-state index in [-0.39, 0.29) is 21.2 Å². The molecular formula is C21H11Cl2NO3S2. The van der Waals surface area contributed by atoms with Gasteiger partial charge in [-0.15, -0.1) is 11.3 Å². The first-order valence-electron chi connectivity index (χ1n) is 8.54. The van der Waals surface area contributed by atoms with Crippen molar-refractivity contribution in [2.45, 2.75) is 4.21 Å². The van der Waals surface area contributed by atoms with Gasteiger partial charge in [0.15, 0.2) is 5.78 Å². The van der Waals surface area contributed by atoms with Crippen molar-refractivity contribution < 1.29 is 13.2 Å². The number of halogens is 2. The monoisotopic (exact) mass is 459 g/mol. The number of ketones is 1. The number of thiophene rings is 1. The largest absolute Gasteiger partial charge is 0.289 e. The number of anilines is 1. The molecule has 0 unspecified atom stereocenters. The highest BCUT2D eigenvalue weighted by molar-refractivity contribution is 7.95. The summed E-state index contributed by atoms with van der Waals surface area (Å²) in [7, 11) is -3.85. The summed E-state index contributed by atoms with van der Waals surface area (Å²) in [5.74, 6) is -0.312. The Kier molecular flexibility index (Phi) is 4.22. The van der Waals surface area contributed by atoms with Gasteiger partial charge in [0, 0.05) is 42.4 Å². The molecular weight excluding hydrogens is 449 g/mol. The summed E-state index contributed by atoms with van der Waals surface area (Å²) in [5, 5.41) is 1.55. The third-order valence-corrected chi connectivity index (χ3v) is 8.24. The van der Waals surface area contributed by atoms with Crippen molar-refractivity contribution in [3.8, 4) is 11.1 Å². The second-order valence-corrected chi connectivity index (χ2v) is 10.4. The zero-order valence-corrected chi connectivity index (χ0v) is 17.7. The lowest BCUT2D eigenvalue weighted by Crippen LogP contribution is -2.20. The van der Waals surface area contributed by atoms with E-state index >= 15 is 0 Å². The van der Waals surface area contributed by atoms with Gasteiger partial charge in [0.2, 0.25) is 0 Å². The fourth-order valence-corrected chi connectivity index (χ4v) is 6.73. The van der Waals surface area contributed by atoms with Gasteiger partial charge in [0.05, 0.1) is 5.69 Å². The second-order valence-electron chi connectivity index (χ2n) is 6.58. The predicted molar refractivity (Wildman–Crippen MR) is 118 cm³/mol. The van der Waals surface area contributed by atoms with E-state index < -0.39 is 10.0 Å². The zero-order valence-electron chi connectivity index (χ0n) is 14.6. The minimum absolute atomic E-state index is 0.183. The molecule has 0 saturated heterocycles. The molecule has 4 aromatic rings. The van der Waals surface area contributed by atoms with Crippen molar-refractivity contribution >= 4 is 66.1 Å². The lowest BCUT2D eigenvalue weighted by Gasteiger charge is -2.22. The van der Waals surface area contributed by atoms with Crippen LogP contribution < -0.4 is 4.72 Å². The third-order valence-electron chi connectivity index (χ3n) is 4.75. The van der Waals surface area contributed by atoms with E-state index in [2.05, 4.69) is 4.72 Å². The van der Waals surface area contributed by atoms with E-state index in [1.165, 1.54) is 6.07 Å². The van der Waals surface area contributed by atoms with E-state index in [4.69, 9.17) is 23.2 Å². The van der Waals surface area contributed by atoms with E-state index in [0.29, 0.717) is 32.1 Å². The molecule has 0 aliphatic carbocycles. The second kappa shape index (κ2) is 6.57. The number of rotatable bonds is 2. The van der Waals surface area contributed by atoms with Crippen molar-refractivity contribution in [3.63, 3.8) is 0 Å². The molecule has 1 aliphatic heterocycles. The van der Waals surface area contributed by atoms with E-state index in [0.717, 1.165) is 16.0 Å². The lowest BCUT2D eigenvalue weighted by molar-refractivity contribution is 0.103. The molecule has 0 radical (unpaired) electrons.